The summed E-state index contributed by atoms with van der Waals surface area (Å²) in [6.45, 7) is 3.75. The molecule has 0 bridgehead atoms. The van der Waals surface area contributed by atoms with E-state index in [1.165, 1.54) is 7.11 Å². The summed E-state index contributed by atoms with van der Waals surface area (Å²) >= 11 is 0. The Morgan fingerprint density at radius 1 is 1.15 bits per heavy atom. The van der Waals surface area contributed by atoms with E-state index in [2.05, 4.69) is 10.1 Å². The lowest BCUT2D eigenvalue weighted by atomic mass is 10.0. The molecule has 2 atom stereocenters. The average molecular weight is 287 g/mol. The molecule has 0 spiro atoms. The molecule has 0 fully saturated rings. The minimum atomic E-state index is -0.427. The zero-order valence-electron chi connectivity index (χ0n) is 12.7. The zero-order valence-corrected chi connectivity index (χ0v) is 12.7. The first kappa shape index (κ1) is 18.6. The quantitative estimate of drug-likeness (QED) is 0.608. The Kier molecular flexibility index (Phi) is 9.63. The fraction of sp³-hybridized carbons (Fsp3) is 0.786. The molecule has 0 radical (unpaired) electrons. The standard InChI is InChI=1S/C14H25NO5/c1-5-12(19-3)8-10(2)14(18)15-9-11(16)6-7-13(17)20-4/h10,12H,5-9H2,1-4H3,(H,15,18)/t10-,12+/m0/s1. The van der Waals surface area contributed by atoms with Crippen molar-refractivity contribution >= 4 is 17.7 Å². The summed E-state index contributed by atoms with van der Waals surface area (Å²) < 4.78 is 9.67. The number of hydrogen-bond acceptors (Lipinski definition) is 5. The van der Waals surface area contributed by atoms with Gasteiger partial charge < -0.3 is 14.8 Å². The average Bonchev–Trinajstić information content (AvgIpc) is 2.47. The number of methoxy groups -OCH3 is 2. The SMILES string of the molecule is CC[C@H](C[C@H](C)C(=O)NCC(=O)CCC(=O)OC)OC. The maximum absolute atomic E-state index is 11.8. The van der Waals surface area contributed by atoms with E-state index in [1.807, 2.05) is 6.92 Å². The molecule has 1 amide bonds. The van der Waals surface area contributed by atoms with Crippen LogP contribution in [0.15, 0.2) is 0 Å². The van der Waals surface area contributed by atoms with Crippen LogP contribution in [0.4, 0.5) is 0 Å². The Labute approximate surface area is 120 Å². The number of hydrogen-bond donors (Lipinski definition) is 1. The van der Waals surface area contributed by atoms with Gasteiger partial charge in [-0.3, -0.25) is 14.4 Å². The Morgan fingerprint density at radius 3 is 2.30 bits per heavy atom. The van der Waals surface area contributed by atoms with Crippen molar-refractivity contribution in [2.24, 2.45) is 5.92 Å². The van der Waals surface area contributed by atoms with Gasteiger partial charge in [0.2, 0.25) is 5.91 Å². The third kappa shape index (κ3) is 7.89. The molecule has 0 rings (SSSR count). The highest BCUT2D eigenvalue weighted by molar-refractivity contribution is 5.88. The fourth-order valence-electron chi connectivity index (χ4n) is 1.72. The van der Waals surface area contributed by atoms with E-state index in [0.29, 0.717) is 6.42 Å². The molecular weight excluding hydrogens is 262 g/mol. The highest BCUT2D eigenvalue weighted by atomic mass is 16.5. The molecule has 0 aromatic carbocycles. The molecule has 6 heteroatoms. The third-order valence-corrected chi connectivity index (χ3v) is 3.15. The Bertz CT molecular complexity index is 326. The first-order chi connectivity index (χ1) is 9.44. The number of Topliss-reactive ketones (excluding diaryl/α,β-unsaturated/α-hetero) is 1. The molecule has 0 saturated heterocycles. The van der Waals surface area contributed by atoms with E-state index in [4.69, 9.17) is 4.74 Å². The van der Waals surface area contributed by atoms with Gasteiger partial charge in [-0.1, -0.05) is 13.8 Å². The molecule has 116 valence electrons. The van der Waals surface area contributed by atoms with Crippen molar-refractivity contribution in [2.45, 2.75) is 45.6 Å². The van der Waals surface area contributed by atoms with Crippen molar-refractivity contribution in [3.05, 3.63) is 0 Å². The van der Waals surface area contributed by atoms with Crippen molar-refractivity contribution in [2.75, 3.05) is 20.8 Å². The number of esters is 1. The van der Waals surface area contributed by atoms with Gasteiger partial charge in [-0.05, 0) is 12.8 Å². The Balaban J connectivity index is 3.96. The predicted molar refractivity (Wildman–Crippen MR) is 74.1 cm³/mol. The van der Waals surface area contributed by atoms with Crippen molar-refractivity contribution in [1.29, 1.82) is 0 Å². The van der Waals surface area contributed by atoms with Crippen LogP contribution in [0.25, 0.3) is 0 Å². The number of carbonyl (C=O) groups excluding carboxylic acids is 3. The number of ether oxygens (including phenoxy) is 2. The Hall–Kier alpha value is -1.43. The van der Waals surface area contributed by atoms with Crippen molar-refractivity contribution in [3.63, 3.8) is 0 Å². The highest BCUT2D eigenvalue weighted by Crippen LogP contribution is 2.11. The van der Waals surface area contributed by atoms with Crippen LogP contribution in [0.5, 0.6) is 0 Å². The molecule has 0 aromatic heterocycles. The highest BCUT2D eigenvalue weighted by Gasteiger charge is 2.18. The molecule has 0 heterocycles. The number of carbonyl (C=O) groups is 3. The summed E-state index contributed by atoms with van der Waals surface area (Å²) in [5.41, 5.74) is 0. The van der Waals surface area contributed by atoms with Gasteiger partial charge in [-0.15, -0.1) is 0 Å². The van der Waals surface area contributed by atoms with Crippen LogP contribution in [-0.2, 0) is 23.9 Å². The predicted octanol–water partition coefficient (Wildman–Crippen LogP) is 1.08. The van der Waals surface area contributed by atoms with E-state index in [0.717, 1.165) is 6.42 Å². The molecule has 0 aliphatic heterocycles. The lowest BCUT2D eigenvalue weighted by molar-refractivity contribution is -0.141. The van der Waals surface area contributed by atoms with Crippen molar-refractivity contribution < 1.29 is 23.9 Å². The van der Waals surface area contributed by atoms with Crippen LogP contribution in [0.1, 0.15) is 39.5 Å². The molecule has 1 N–H and O–H groups in total. The molecule has 0 unspecified atom stereocenters. The minimum absolute atomic E-state index is 0.0440. The number of rotatable bonds is 10. The lowest BCUT2D eigenvalue weighted by Crippen LogP contribution is -2.35. The first-order valence-electron chi connectivity index (χ1n) is 6.83. The van der Waals surface area contributed by atoms with Gasteiger partial charge in [0, 0.05) is 19.4 Å². The largest absolute Gasteiger partial charge is 0.469 e. The molecular formula is C14H25NO5. The van der Waals surface area contributed by atoms with Crippen molar-refractivity contribution in [3.8, 4) is 0 Å². The van der Waals surface area contributed by atoms with Crippen LogP contribution in [-0.4, -0.2) is 44.5 Å². The topological polar surface area (TPSA) is 81.7 Å². The monoisotopic (exact) mass is 287 g/mol. The lowest BCUT2D eigenvalue weighted by Gasteiger charge is -2.17. The summed E-state index contributed by atoms with van der Waals surface area (Å²) in [4.78, 5) is 34.2. The van der Waals surface area contributed by atoms with Crippen LogP contribution in [0.3, 0.4) is 0 Å². The van der Waals surface area contributed by atoms with Gasteiger partial charge in [-0.25, -0.2) is 0 Å². The number of nitrogens with one attached hydrogen (secondary N) is 1. The van der Waals surface area contributed by atoms with Crippen molar-refractivity contribution in [1.82, 2.24) is 5.32 Å². The summed E-state index contributed by atoms with van der Waals surface area (Å²) in [6, 6.07) is 0. The molecule has 6 nitrogen and oxygen atoms in total. The van der Waals surface area contributed by atoms with E-state index >= 15 is 0 Å². The van der Waals surface area contributed by atoms with Gasteiger partial charge in [0.25, 0.3) is 0 Å². The van der Waals surface area contributed by atoms with E-state index < -0.39 is 5.97 Å². The van der Waals surface area contributed by atoms with E-state index in [-0.39, 0.29) is 43.1 Å². The maximum atomic E-state index is 11.8. The molecule has 0 aliphatic carbocycles. The zero-order chi connectivity index (χ0) is 15.5. The summed E-state index contributed by atoms with van der Waals surface area (Å²) in [6.07, 6.45) is 1.63. The molecule has 0 saturated carbocycles. The van der Waals surface area contributed by atoms with Gasteiger partial charge in [0.1, 0.15) is 0 Å². The van der Waals surface area contributed by atoms with Crippen LogP contribution in [0, 0.1) is 5.92 Å². The van der Waals surface area contributed by atoms with Crippen LogP contribution in [0.2, 0.25) is 0 Å². The van der Waals surface area contributed by atoms with E-state index in [9.17, 15) is 14.4 Å². The first-order valence-corrected chi connectivity index (χ1v) is 6.83. The molecule has 20 heavy (non-hydrogen) atoms. The molecule has 0 aromatic rings. The second kappa shape index (κ2) is 10.4. The van der Waals surface area contributed by atoms with Gasteiger partial charge in [0.05, 0.1) is 26.2 Å². The van der Waals surface area contributed by atoms with Crippen LogP contribution < -0.4 is 5.32 Å². The Morgan fingerprint density at radius 2 is 1.80 bits per heavy atom. The van der Waals surface area contributed by atoms with Gasteiger partial charge in [0.15, 0.2) is 5.78 Å². The maximum Gasteiger partial charge on any atom is 0.305 e. The normalized spacial score (nSPS) is 13.4. The van der Waals surface area contributed by atoms with Crippen LogP contribution >= 0.6 is 0 Å². The second-order valence-electron chi connectivity index (χ2n) is 4.74. The summed E-state index contributed by atoms with van der Waals surface area (Å²) in [5, 5.41) is 2.58. The molecule has 0 aliphatic rings. The number of amides is 1. The van der Waals surface area contributed by atoms with Gasteiger partial charge >= 0.3 is 5.97 Å². The number of ketones is 1. The summed E-state index contributed by atoms with van der Waals surface area (Å²) in [5.74, 6) is -1.00. The van der Waals surface area contributed by atoms with Gasteiger partial charge in [-0.2, -0.15) is 0 Å². The minimum Gasteiger partial charge on any atom is -0.469 e. The fourth-order valence-corrected chi connectivity index (χ4v) is 1.72. The smallest absolute Gasteiger partial charge is 0.305 e. The summed E-state index contributed by atoms with van der Waals surface area (Å²) in [7, 11) is 2.89. The second-order valence-corrected chi connectivity index (χ2v) is 4.74. The van der Waals surface area contributed by atoms with E-state index in [1.54, 1.807) is 14.0 Å². The third-order valence-electron chi connectivity index (χ3n) is 3.15.